The lowest BCUT2D eigenvalue weighted by Crippen LogP contribution is -2.33. The second-order valence-electron chi connectivity index (χ2n) is 4.80. The fraction of sp³-hybridized carbons (Fsp3) is 0. The summed E-state index contributed by atoms with van der Waals surface area (Å²) in [5.74, 6) is -1.12. The van der Waals surface area contributed by atoms with Crippen LogP contribution in [0.5, 0.6) is 0 Å². The Labute approximate surface area is 135 Å². The van der Waals surface area contributed by atoms with Crippen molar-refractivity contribution in [3.8, 4) is 0 Å². The smallest absolute Gasteiger partial charge is 0.275 e. The van der Waals surface area contributed by atoms with Gasteiger partial charge in [0, 0.05) is 5.52 Å². The van der Waals surface area contributed by atoms with Crippen molar-refractivity contribution >= 4 is 34.1 Å². The first-order chi connectivity index (χ1) is 11.0. The molecule has 1 heterocycles. The molecule has 0 aliphatic heterocycles. The van der Waals surface area contributed by atoms with Crippen molar-refractivity contribution in [2.75, 3.05) is 5.43 Å². The average Bonchev–Trinajstić information content (AvgIpc) is 2.53. The van der Waals surface area contributed by atoms with Gasteiger partial charge in [0.15, 0.2) is 0 Å². The lowest BCUT2D eigenvalue weighted by Gasteiger charge is -2.10. The number of anilines is 1. The van der Waals surface area contributed by atoms with E-state index in [-0.39, 0.29) is 10.6 Å². The van der Waals surface area contributed by atoms with Gasteiger partial charge in [-0.2, -0.15) is 0 Å². The number of hydrogen-bond donors (Lipinski definition) is 3. The Morgan fingerprint density at radius 2 is 1.91 bits per heavy atom. The number of hydrogen-bond acceptors (Lipinski definition) is 3. The predicted octanol–water partition coefficient (Wildman–Crippen LogP) is 3.08. The number of benzene rings is 2. The molecule has 0 bridgehead atoms. The van der Waals surface area contributed by atoms with Crippen molar-refractivity contribution in [3.63, 3.8) is 0 Å². The molecular weight excluding hydrogens is 321 g/mol. The normalized spacial score (nSPS) is 10.5. The lowest BCUT2D eigenvalue weighted by atomic mass is 10.1. The number of rotatable bonds is 3. The molecule has 3 rings (SSSR count). The molecule has 23 heavy (non-hydrogen) atoms. The molecule has 0 spiro atoms. The van der Waals surface area contributed by atoms with Gasteiger partial charge >= 0.3 is 0 Å². The number of H-pyrrole nitrogens is 1. The van der Waals surface area contributed by atoms with E-state index in [0.717, 1.165) is 11.5 Å². The quantitative estimate of drug-likeness (QED) is 0.646. The van der Waals surface area contributed by atoms with Crippen molar-refractivity contribution in [1.29, 1.82) is 0 Å². The molecule has 3 aromatic rings. The fourth-order valence-corrected chi connectivity index (χ4v) is 2.31. The number of aromatic amines is 1. The first kappa shape index (κ1) is 15.1. The van der Waals surface area contributed by atoms with E-state index in [0.29, 0.717) is 11.2 Å². The van der Waals surface area contributed by atoms with E-state index in [1.165, 1.54) is 18.2 Å². The third kappa shape index (κ3) is 3.17. The van der Waals surface area contributed by atoms with E-state index >= 15 is 0 Å². The highest BCUT2D eigenvalue weighted by Gasteiger charge is 2.12. The maximum Gasteiger partial charge on any atom is 0.275 e. The fourth-order valence-electron chi connectivity index (χ4n) is 2.10. The summed E-state index contributed by atoms with van der Waals surface area (Å²) in [6.45, 7) is 0. The summed E-state index contributed by atoms with van der Waals surface area (Å²) in [6.07, 6.45) is 0. The van der Waals surface area contributed by atoms with E-state index in [4.69, 9.17) is 11.6 Å². The number of carbonyl (C=O) groups excluding carboxylic acids is 1. The summed E-state index contributed by atoms with van der Waals surface area (Å²) in [5, 5.41) is 0.842. The molecule has 0 saturated heterocycles. The number of aromatic nitrogens is 1. The van der Waals surface area contributed by atoms with Crippen LogP contribution in [-0.4, -0.2) is 10.9 Å². The third-order valence-electron chi connectivity index (χ3n) is 3.24. The number of carbonyl (C=O) groups is 1. The third-order valence-corrected chi connectivity index (χ3v) is 3.55. The van der Waals surface area contributed by atoms with Crippen LogP contribution in [0, 0.1) is 5.82 Å². The highest BCUT2D eigenvalue weighted by Crippen LogP contribution is 2.21. The minimum absolute atomic E-state index is 0.0468. The summed E-state index contributed by atoms with van der Waals surface area (Å²) < 4.78 is 13.0. The number of halogens is 2. The second-order valence-corrected chi connectivity index (χ2v) is 5.21. The Bertz CT molecular complexity index is 955. The molecule has 0 unspecified atom stereocenters. The van der Waals surface area contributed by atoms with E-state index < -0.39 is 17.3 Å². The van der Waals surface area contributed by atoms with Crippen LogP contribution in [0.2, 0.25) is 5.02 Å². The Kier molecular flexibility index (Phi) is 3.99. The Morgan fingerprint density at radius 3 is 2.70 bits per heavy atom. The van der Waals surface area contributed by atoms with Crippen molar-refractivity contribution in [1.82, 2.24) is 10.4 Å². The zero-order valence-corrected chi connectivity index (χ0v) is 12.4. The van der Waals surface area contributed by atoms with Crippen molar-refractivity contribution in [2.24, 2.45) is 0 Å². The number of fused-ring (bicyclic) bond motifs is 1. The second kappa shape index (κ2) is 6.10. The molecule has 0 aliphatic rings. The van der Waals surface area contributed by atoms with Gasteiger partial charge in [-0.25, -0.2) is 4.39 Å². The number of pyridine rings is 1. The number of nitrogens with one attached hydrogen (secondary N) is 3. The van der Waals surface area contributed by atoms with Crippen LogP contribution in [-0.2, 0) is 0 Å². The maximum atomic E-state index is 13.0. The number of hydrazine groups is 1. The predicted molar refractivity (Wildman–Crippen MR) is 87.1 cm³/mol. The molecule has 5 nitrogen and oxygen atoms in total. The Morgan fingerprint density at radius 1 is 1.13 bits per heavy atom. The minimum Gasteiger partial charge on any atom is -0.321 e. The van der Waals surface area contributed by atoms with E-state index in [9.17, 15) is 14.0 Å². The molecule has 1 amide bonds. The van der Waals surface area contributed by atoms with Gasteiger partial charge in [0.25, 0.3) is 11.5 Å². The van der Waals surface area contributed by atoms with Gasteiger partial charge in [0.2, 0.25) is 0 Å². The molecule has 0 fully saturated rings. The van der Waals surface area contributed by atoms with Crippen LogP contribution in [0.25, 0.3) is 10.9 Å². The van der Waals surface area contributed by atoms with Crippen LogP contribution < -0.4 is 16.4 Å². The highest BCUT2D eigenvalue weighted by molar-refractivity contribution is 6.33. The summed E-state index contributed by atoms with van der Waals surface area (Å²) in [6, 6.07) is 12.3. The summed E-state index contributed by atoms with van der Waals surface area (Å²) in [4.78, 5) is 26.8. The monoisotopic (exact) mass is 331 g/mol. The summed E-state index contributed by atoms with van der Waals surface area (Å²) >= 11 is 5.85. The molecule has 0 atom stereocenters. The molecule has 0 saturated carbocycles. The van der Waals surface area contributed by atoms with Crippen LogP contribution in [0.4, 0.5) is 10.1 Å². The number of para-hydroxylation sites is 1. The molecule has 7 heteroatoms. The van der Waals surface area contributed by atoms with Gasteiger partial charge in [-0.05, 0) is 35.7 Å². The molecule has 3 N–H and O–H groups in total. The van der Waals surface area contributed by atoms with E-state index in [1.807, 2.05) is 0 Å². The first-order valence-corrected chi connectivity index (χ1v) is 7.06. The zero-order chi connectivity index (χ0) is 16.4. The van der Waals surface area contributed by atoms with E-state index in [2.05, 4.69) is 15.8 Å². The lowest BCUT2D eigenvalue weighted by molar-refractivity contribution is 0.0961. The first-order valence-electron chi connectivity index (χ1n) is 6.68. The van der Waals surface area contributed by atoms with Crippen LogP contribution >= 0.6 is 11.6 Å². The van der Waals surface area contributed by atoms with E-state index in [1.54, 1.807) is 24.3 Å². The molecular formula is C16H11ClFN3O2. The summed E-state index contributed by atoms with van der Waals surface area (Å²) in [5.41, 5.74) is 5.34. The van der Waals surface area contributed by atoms with Crippen molar-refractivity contribution in [2.45, 2.75) is 0 Å². The molecule has 116 valence electrons. The van der Waals surface area contributed by atoms with Crippen LogP contribution in [0.15, 0.2) is 53.3 Å². The van der Waals surface area contributed by atoms with Crippen molar-refractivity contribution < 1.29 is 9.18 Å². The molecule has 0 radical (unpaired) electrons. The topological polar surface area (TPSA) is 74.0 Å². The zero-order valence-electron chi connectivity index (χ0n) is 11.7. The van der Waals surface area contributed by atoms with Gasteiger partial charge < -0.3 is 4.98 Å². The molecule has 2 aromatic carbocycles. The average molecular weight is 332 g/mol. The standard InChI is InChI=1S/C16H11ClFN3O2/c17-12-8-10(18)5-6-14(12)20-21-16(23)11-7-9-3-1-2-4-13(9)19-15(11)22/h1-8,20H,(H,19,22)(H,21,23). The SMILES string of the molecule is O=C(NNc1ccc(F)cc1Cl)c1cc2ccccc2[nH]c1=O. The van der Waals surface area contributed by atoms with Gasteiger partial charge in [0.1, 0.15) is 11.4 Å². The van der Waals surface area contributed by atoms with Gasteiger partial charge in [-0.3, -0.25) is 20.4 Å². The largest absolute Gasteiger partial charge is 0.321 e. The van der Waals surface area contributed by atoms with Crippen LogP contribution in [0.3, 0.4) is 0 Å². The van der Waals surface area contributed by atoms with Gasteiger partial charge in [-0.1, -0.05) is 29.8 Å². The Balaban J connectivity index is 1.83. The molecule has 0 aliphatic carbocycles. The highest BCUT2D eigenvalue weighted by atomic mass is 35.5. The Hall–Kier alpha value is -2.86. The summed E-state index contributed by atoms with van der Waals surface area (Å²) in [7, 11) is 0. The van der Waals surface area contributed by atoms with Crippen LogP contribution in [0.1, 0.15) is 10.4 Å². The van der Waals surface area contributed by atoms with Crippen molar-refractivity contribution in [3.05, 3.63) is 75.3 Å². The minimum atomic E-state index is -0.627. The van der Waals surface area contributed by atoms with Gasteiger partial charge in [0.05, 0.1) is 10.7 Å². The van der Waals surface area contributed by atoms with Gasteiger partial charge in [-0.15, -0.1) is 0 Å². The molecule has 1 aromatic heterocycles. The number of amides is 1. The maximum absolute atomic E-state index is 13.0.